The van der Waals surface area contributed by atoms with Crippen molar-refractivity contribution in [2.75, 3.05) is 34.4 Å². The van der Waals surface area contributed by atoms with Crippen LogP contribution in [-0.4, -0.2) is 51.3 Å². The van der Waals surface area contributed by atoms with Gasteiger partial charge in [-0.25, -0.2) is 4.79 Å². The molecule has 1 heterocycles. The van der Waals surface area contributed by atoms with E-state index in [0.29, 0.717) is 24.6 Å². The highest BCUT2D eigenvalue weighted by Gasteiger charge is 2.22. The monoisotopic (exact) mass is 322 g/mol. The number of carbonyl (C=O) groups excluding carboxylic acids is 2. The van der Waals surface area contributed by atoms with E-state index in [0.717, 1.165) is 12.0 Å². The first kappa shape index (κ1) is 16.9. The third-order valence-electron chi connectivity index (χ3n) is 3.86. The van der Waals surface area contributed by atoms with Gasteiger partial charge in [0.2, 0.25) is 5.91 Å². The first-order valence-electron chi connectivity index (χ1n) is 7.42. The zero-order chi connectivity index (χ0) is 16.8. The third-order valence-corrected chi connectivity index (χ3v) is 3.86. The van der Waals surface area contributed by atoms with E-state index in [2.05, 4.69) is 10.1 Å². The van der Waals surface area contributed by atoms with Crippen LogP contribution in [-0.2, 0) is 22.5 Å². The number of alkyl carbamates (subject to hydrolysis) is 1. The Labute approximate surface area is 135 Å². The molecule has 0 bridgehead atoms. The number of ether oxygens (including phenoxy) is 3. The molecule has 126 valence electrons. The Morgan fingerprint density at radius 1 is 1.13 bits per heavy atom. The minimum absolute atomic E-state index is 0.00170. The summed E-state index contributed by atoms with van der Waals surface area (Å²) in [5.74, 6) is 1.36. The van der Waals surface area contributed by atoms with Crippen LogP contribution >= 0.6 is 0 Å². The molecule has 0 radical (unpaired) electrons. The molecule has 0 saturated heterocycles. The van der Waals surface area contributed by atoms with Crippen LogP contribution in [0.15, 0.2) is 12.1 Å². The van der Waals surface area contributed by atoms with Crippen LogP contribution in [0.25, 0.3) is 0 Å². The minimum Gasteiger partial charge on any atom is -0.493 e. The summed E-state index contributed by atoms with van der Waals surface area (Å²) in [4.78, 5) is 25.0. The number of rotatable bonds is 5. The second-order valence-electron chi connectivity index (χ2n) is 5.21. The Morgan fingerprint density at radius 3 is 2.39 bits per heavy atom. The Hall–Kier alpha value is -2.44. The van der Waals surface area contributed by atoms with E-state index in [9.17, 15) is 9.59 Å². The van der Waals surface area contributed by atoms with Gasteiger partial charge in [-0.05, 0) is 29.7 Å². The molecule has 1 aromatic rings. The molecule has 2 rings (SSSR count). The van der Waals surface area contributed by atoms with Crippen LogP contribution in [0.2, 0.25) is 0 Å². The van der Waals surface area contributed by atoms with Crippen molar-refractivity contribution in [3.8, 4) is 11.5 Å². The summed E-state index contributed by atoms with van der Waals surface area (Å²) in [6.45, 7) is 1.45. The Morgan fingerprint density at radius 2 is 1.78 bits per heavy atom. The lowest BCUT2D eigenvalue weighted by Crippen LogP contribution is -2.38. The summed E-state index contributed by atoms with van der Waals surface area (Å²) in [6.07, 6.45) is 0.488. The first-order chi connectivity index (χ1) is 11.1. The normalized spacial score (nSPS) is 13.1. The molecule has 0 unspecified atom stereocenters. The molecule has 7 heteroatoms. The van der Waals surface area contributed by atoms with Crippen molar-refractivity contribution < 1.29 is 23.8 Å². The van der Waals surface area contributed by atoms with Gasteiger partial charge >= 0.3 is 6.09 Å². The summed E-state index contributed by atoms with van der Waals surface area (Å²) in [7, 11) is 4.49. The van der Waals surface area contributed by atoms with E-state index in [4.69, 9.17) is 9.47 Å². The highest BCUT2D eigenvalue weighted by molar-refractivity contribution is 5.77. The van der Waals surface area contributed by atoms with Crippen LogP contribution in [0, 0.1) is 0 Å². The minimum atomic E-state index is -0.529. The Bertz CT molecular complexity index is 588. The predicted octanol–water partition coefficient (Wildman–Crippen LogP) is 1.33. The summed E-state index contributed by atoms with van der Waals surface area (Å²) in [5.41, 5.74) is 2.22. The van der Waals surface area contributed by atoms with Gasteiger partial charge in [-0.15, -0.1) is 0 Å². The zero-order valence-electron chi connectivity index (χ0n) is 13.7. The smallest absolute Gasteiger partial charge is 0.406 e. The van der Waals surface area contributed by atoms with Gasteiger partial charge in [0.25, 0.3) is 0 Å². The Balaban J connectivity index is 1.99. The van der Waals surface area contributed by atoms with Gasteiger partial charge in [0.1, 0.15) is 0 Å². The molecule has 0 aliphatic carbocycles. The zero-order valence-corrected chi connectivity index (χ0v) is 13.7. The molecule has 0 fully saturated rings. The fraction of sp³-hybridized carbons (Fsp3) is 0.500. The van der Waals surface area contributed by atoms with Crippen molar-refractivity contribution in [3.05, 3.63) is 23.3 Å². The van der Waals surface area contributed by atoms with E-state index in [1.54, 1.807) is 19.1 Å². The number of nitrogens with zero attached hydrogens (tertiary/aromatic N) is 1. The topological polar surface area (TPSA) is 77.1 Å². The lowest BCUT2D eigenvalue weighted by atomic mass is 9.98. The summed E-state index contributed by atoms with van der Waals surface area (Å²) in [6, 6.07) is 3.88. The van der Waals surface area contributed by atoms with E-state index < -0.39 is 6.09 Å². The number of amides is 2. The molecule has 1 aliphatic rings. The molecule has 1 aliphatic heterocycles. The van der Waals surface area contributed by atoms with Gasteiger partial charge in [0.05, 0.1) is 21.3 Å². The maximum Gasteiger partial charge on any atom is 0.406 e. The number of hydrogen-bond donors (Lipinski definition) is 1. The SMILES string of the molecule is COC(=O)NCCC(=O)N1CCc2cc(OC)c(OC)cc2C1. The predicted molar refractivity (Wildman–Crippen MR) is 83.7 cm³/mol. The second kappa shape index (κ2) is 7.71. The lowest BCUT2D eigenvalue weighted by molar-refractivity contribution is -0.131. The average Bonchev–Trinajstić information content (AvgIpc) is 2.59. The van der Waals surface area contributed by atoms with Crippen molar-refractivity contribution in [3.63, 3.8) is 0 Å². The molecule has 2 amide bonds. The molecule has 7 nitrogen and oxygen atoms in total. The van der Waals surface area contributed by atoms with Crippen LogP contribution in [0.3, 0.4) is 0 Å². The molecule has 0 aromatic heterocycles. The van der Waals surface area contributed by atoms with Gasteiger partial charge in [-0.1, -0.05) is 0 Å². The van der Waals surface area contributed by atoms with Crippen molar-refractivity contribution >= 4 is 12.0 Å². The van der Waals surface area contributed by atoms with Crippen LogP contribution in [0.5, 0.6) is 11.5 Å². The summed E-state index contributed by atoms with van der Waals surface area (Å²) < 4.78 is 15.1. The molecule has 0 atom stereocenters. The van der Waals surface area contributed by atoms with Crippen molar-refractivity contribution in [1.82, 2.24) is 10.2 Å². The van der Waals surface area contributed by atoms with Crippen molar-refractivity contribution in [2.45, 2.75) is 19.4 Å². The van der Waals surface area contributed by atoms with Crippen molar-refractivity contribution in [1.29, 1.82) is 0 Å². The average molecular weight is 322 g/mol. The van der Waals surface area contributed by atoms with Gasteiger partial charge < -0.3 is 24.4 Å². The van der Waals surface area contributed by atoms with Gasteiger partial charge in [0.15, 0.2) is 11.5 Å². The summed E-state index contributed by atoms with van der Waals surface area (Å²) >= 11 is 0. The van der Waals surface area contributed by atoms with Crippen LogP contribution in [0.1, 0.15) is 17.5 Å². The first-order valence-corrected chi connectivity index (χ1v) is 7.42. The van der Waals surface area contributed by atoms with Gasteiger partial charge in [0, 0.05) is 26.1 Å². The Kier molecular flexibility index (Phi) is 5.67. The second-order valence-corrected chi connectivity index (χ2v) is 5.21. The molecular formula is C16H22N2O5. The maximum atomic E-state index is 12.2. The molecule has 23 heavy (non-hydrogen) atoms. The number of carbonyl (C=O) groups is 2. The van der Waals surface area contributed by atoms with E-state index in [1.165, 1.54) is 12.7 Å². The van der Waals surface area contributed by atoms with E-state index >= 15 is 0 Å². The molecule has 1 aromatic carbocycles. The number of fused-ring (bicyclic) bond motifs is 1. The van der Waals surface area contributed by atoms with E-state index in [1.807, 2.05) is 12.1 Å². The fourth-order valence-corrected chi connectivity index (χ4v) is 2.60. The van der Waals surface area contributed by atoms with Crippen LogP contribution in [0.4, 0.5) is 4.79 Å². The standard InChI is InChI=1S/C16H22N2O5/c1-21-13-8-11-5-7-18(10-12(11)9-14(13)22-2)15(19)4-6-17-16(20)23-3/h8-9H,4-7,10H2,1-3H3,(H,17,20). The number of methoxy groups -OCH3 is 3. The van der Waals surface area contributed by atoms with Gasteiger partial charge in [-0.2, -0.15) is 0 Å². The quantitative estimate of drug-likeness (QED) is 0.885. The highest BCUT2D eigenvalue weighted by Crippen LogP contribution is 2.33. The number of hydrogen-bond acceptors (Lipinski definition) is 5. The molecular weight excluding hydrogens is 300 g/mol. The van der Waals surface area contributed by atoms with Gasteiger partial charge in [-0.3, -0.25) is 4.79 Å². The number of benzene rings is 1. The third kappa shape index (κ3) is 4.06. The van der Waals surface area contributed by atoms with E-state index in [-0.39, 0.29) is 18.9 Å². The maximum absolute atomic E-state index is 12.2. The molecule has 0 saturated carbocycles. The molecule has 1 N–H and O–H groups in total. The van der Waals surface area contributed by atoms with Crippen LogP contribution < -0.4 is 14.8 Å². The number of nitrogens with one attached hydrogen (secondary N) is 1. The fourth-order valence-electron chi connectivity index (χ4n) is 2.60. The lowest BCUT2D eigenvalue weighted by Gasteiger charge is -2.29. The molecule has 0 spiro atoms. The summed E-state index contributed by atoms with van der Waals surface area (Å²) in [5, 5.41) is 2.51. The van der Waals surface area contributed by atoms with Crippen molar-refractivity contribution in [2.24, 2.45) is 0 Å². The largest absolute Gasteiger partial charge is 0.493 e. The highest BCUT2D eigenvalue weighted by atomic mass is 16.5.